The van der Waals surface area contributed by atoms with Crippen LogP contribution in [0.5, 0.6) is 0 Å². The largest absolute Gasteiger partial charge is 1.00 e. The molecule has 0 aliphatic carbocycles. The van der Waals surface area contributed by atoms with Gasteiger partial charge in [-0.2, -0.15) is 0 Å². The Labute approximate surface area is 215 Å². The first-order valence-electron chi connectivity index (χ1n) is 10.00. The zero-order chi connectivity index (χ0) is 20.8. The minimum Gasteiger partial charge on any atom is -0.545 e. The van der Waals surface area contributed by atoms with Gasteiger partial charge in [0.1, 0.15) is 0 Å². The molecule has 0 bridgehead atoms. The monoisotopic (exact) mass is 427 g/mol. The molecule has 0 radical (unpaired) electrons. The second-order valence-electron chi connectivity index (χ2n) is 6.90. The van der Waals surface area contributed by atoms with Crippen molar-refractivity contribution in [2.24, 2.45) is 0 Å². The second-order valence-corrected chi connectivity index (χ2v) is 6.90. The van der Waals surface area contributed by atoms with E-state index in [-0.39, 0.29) is 57.3 Å². The number of unbranched alkanes of at least 4 members (excludes halogenated alkanes) is 8. The summed E-state index contributed by atoms with van der Waals surface area (Å²) in [5.41, 5.74) is 0.170. The van der Waals surface area contributed by atoms with Crippen LogP contribution in [0, 0.1) is 0 Å². The second kappa shape index (κ2) is 16.8. The molecule has 0 heterocycles. The van der Waals surface area contributed by atoms with Crippen LogP contribution in [0.2, 0.25) is 0 Å². The average molecular weight is 428 g/mol. The SMILES string of the molecule is CCCCCCCCCCCC(=O)Nc1ccc(/C=C(/C(=O)[O-])C(=O)O)cc1.[K+]. The predicted octanol–water partition coefficient (Wildman–Crippen LogP) is 0.768. The van der Waals surface area contributed by atoms with E-state index in [9.17, 15) is 19.5 Å². The van der Waals surface area contributed by atoms with E-state index < -0.39 is 17.5 Å². The van der Waals surface area contributed by atoms with E-state index in [2.05, 4.69) is 12.2 Å². The molecule has 0 atom stereocenters. The molecule has 6 nitrogen and oxygen atoms in total. The van der Waals surface area contributed by atoms with E-state index in [4.69, 9.17) is 5.11 Å². The summed E-state index contributed by atoms with van der Waals surface area (Å²) in [4.78, 5) is 33.6. The summed E-state index contributed by atoms with van der Waals surface area (Å²) in [7, 11) is 0. The fourth-order valence-corrected chi connectivity index (χ4v) is 2.86. The van der Waals surface area contributed by atoms with Gasteiger partial charge in [-0.1, -0.05) is 70.4 Å². The number of amides is 1. The van der Waals surface area contributed by atoms with Crippen molar-refractivity contribution in [2.75, 3.05) is 5.32 Å². The van der Waals surface area contributed by atoms with Gasteiger partial charge in [-0.05, 0) is 30.2 Å². The number of anilines is 1. The van der Waals surface area contributed by atoms with Crippen molar-refractivity contribution in [1.29, 1.82) is 0 Å². The number of carboxylic acid groups (broad SMARTS) is 2. The molecule has 154 valence electrons. The molecule has 1 amide bonds. The van der Waals surface area contributed by atoms with Crippen molar-refractivity contribution in [2.45, 2.75) is 71.1 Å². The Morgan fingerprint density at radius 1 is 0.931 bits per heavy atom. The molecule has 0 spiro atoms. The number of carboxylic acids is 2. The maximum atomic E-state index is 12.0. The zero-order valence-electron chi connectivity index (χ0n) is 17.5. The van der Waals surface area contributed by atoms with Crippen molar-refractivity contribution >= 4 is 29.6 Å². The first-order valence-corrected chi connectivity index (χ1v) is 10.00. The molecule has 1 rings (SSSR count). The first kappa shape index (κ1) is 28.0. The van der Waals surface area contributed by atoms with Crippen molar-refractivity contribution < 1.29 is 76.0 Å². The van der Waals surface area contributed by atoms with Gasteiger partial charge in [0.05, 0.1) is 11.5 Å². The fraction of sp³-hybridized carbons (Fsp3) is 0.500. The van der Waals surface area contributed by atoms with E-state index in [1.807, 2.05) is 0 Å². The van der Waals surface area contributed by atoms with Gasteiger partial charge < -0.3 is 20.3 Å². The van der Waals surface area contributed by atoms with Crippen LogP contribution < -0.4 is 61.8 Å². The van der Waals surface area contributed by atoms with Gasteiger partial charge in [0.25, 0.3) is 0 Å². The molecule has 1 aromatic carbocycles. The molecule has 0 saturated heterocycles. The Morgan fingerprint density at radius 2 is 1.45 bits per heavy atom. The summed E-state index contributed by atoms with van der Waals surface area (Å²) in [6.45, 7) is 2.21. The van der Waals surface area contributed by atoms with Gasteiger partial charge in [0, 0.05) is 12.1 Å². The Balaban J connectivity index is 0.00000784. The quantitative estimate of drug-likeness (QED) is 0.150. The molecule has 0 aromatic heterocycles. The van der Waals surface area contributed by atoms with E-state index in [1.165, 1.54) is 38.5 Å². The third-order valence-corrected chi connectivity index (χ3v) is 4.46. The van der Waals surface area contributed by atoms with Crippen LogP contribution in [0.15, 0.2) is 29.8 Å². The van der Waals surface area contributed by atoms with Gasteiger partial charge in [-0.3, -0.25) is 4.79 Å². The van der Waals surface area contributed by atoms with Crippen LogP contribution in [0.3, 0.4) is 0 Å². The summed E-state index contributed by atoms with van der Waals surface area (Å²) in [6.07, 6.45) is 12.2. The average Bonchev–Trinajstić information content (AvgIpc) is 2.65. The smallest absolute Gasteiger partial charge is 0.545 e. The van der Waals surface area contributed by atoms with Crippen LogP contribution in [-0.2, 0) is 14.4 Å². The number of rotatable bonds is 14. The summed E-state index contributed by atoms with van der Waals surface area (Å²) >= 11 is 0. The van der Waals surface area contributed by atoms with Crippen molar-refractivity contribution in [3.8, 4) is 0 Å². The molecule has 7 heteroatoms. The van der Waals surface area contributed by atoms with Crippen LogP contribution in [0.1, 0.15) is 76.7 Å². The molecule has 0 aliphatic rings. The topological polar surface area (TPSA) is 107 Å². The Morgan fingerprint density at radius 3 is 1.93 bits per heavy atom. The molecule has 0 fully saturated rings. The minimum absolute atomic E-state index is 0. The number of nitrogens with one attached hydrogen (secondary N) is 1. The molecule has 0 unspecified atom stereocenters. The van der Waals surface area contributed by atoms with Gasteiger partial charge in [0.2, 0.25) is 5.91 Å². The Kier molecular flexibility index (Phi) is 16.2. The van der Waals surface area contributed by atoms with Gasteiger partial charge in [0.15, 0.2) is 0 Å². The third-order valence-electron chi connectivity index (χ3n) is 4.46. The van der Waals surface area contributed by atoms with Gasteiger partial charge >= 0.3 is 57.4 Å². The predicted molar refractivity (Wildman–Crippen MR) is 108 cm³/mol. The summed E-state index contributed by atoms with van der Waals surface area (Å²) in [5.74, 6) is -3.36. The maximum absolute atomic E-state index is 12.0. The van der Waals surface area contributed by atoms with Gasteiger partial charge in [-0.15, -0.1) is 0 Å². The third kappa shape index (κ3) is 13.0. The van der Waals surface area contributed by atoms with Crippen LogP contribution in [0.25, 0.3) is 6.08 Å². The number of hydrogen-bond donors (Lipinski definition) is 2. The number of carbonyl (C=O) groups is 3. The molecule has 1 aromatic rings. The summed E-state index contributed by atoms with van der Waals surface area (Å²) < 4.78 is 0. The number of hydrogen-bond acceptors (Lipinski definition) is 4. The van der Waals surface area contributed by atoms with Crippen molar-refractivity contribution in [3.05, 3.63) is 35.4 Å². The fourth-order valence-electron chi connectivity index (χ4n) is 2.86. The van der Waals surface area contributed by atoms with Crippen molar-refractivity contribution in [3.63, 3.8) is 0 Å². The molecule has 0 aliphatic heterocycles. The van der Waals surface area contributed by atoms with E-state index in [1.54, 1.807) is 24.3 Å². The summed E-state index contributed by atoms with van der Waals surface area (Å²) in [5, 5.41) is 22.4. The molecular weight excluding hydrogens is 397 g/mol. The number of benzene rings is 1. The number of aliphatic carboxylic acids is 2. The maximum Gasteiger partial charge on any atom is 1.00 e. The van der Waals surface area contributed by atoms with Crippen LogP contribution >= 0.6 is 0 Å². The molecule has 0 saturated carbocycles. The molecule has 29 heavy (non-hydrogen) atoms. The van der Waals surface area contributed by atoms with Crippen LogP contribution in [0.4, 0.5) is 5.69 Å². The summed E-state index contributed by atoms with van der Waals surface area (Å²) in [6, 6.07) is 6.30. The normalized spacial score (nSPS) is 10.9. The number of carbonyl (C=O) groups excluding carboxylic acids is 2. The Bertz CT molecular complexity index is 654. The minimum atomic E-state index is -1.74. The van der Waals surface area contributed by atoms with E-state index in [0.29, 0.717) is 17.7 Å². The van der Waals surface area contributed by atoms with Crippen molar-refractivity contribution in [1.82, 2.24) is 0 Å². The standard InChI is InChI=1S/C22H31NO5.K/c1-2-3-4-5-6-7-8-9-10-11-20(24)23-18-14-12-17(13-15-18)16-19(21(25)26)22(27)28;/h12-16H,2-11H2,1H3,(H,23,24)(H,25,26)(H,27,28);/q;+1/p-1. The van der Waals surface area contributed by atoms with E-state index in [0.717, 1.165) is 25.3 Å². The van der Waals surface area contributed by atoms with E-state index >= 15 is 0 Å². The first-order chi connectivity index (χ1) is 13.4. The molecular formula is C22H30KNO5. The zero-order valence-corrected chi connectivity index (χ0v) is 20.7. The molecule has 2 N–H and O–H groups in total. The van der Waals surface area contributed by atoms with Crippen LogP contribution in [-0.4, -0.2) is 23.0 Å². The van der Waals surface area contributed by atoms with Gasteiger partial charge in [-0.25, -0.2) is 4.79 Å². The Hall–Kier alpha value is -0.994.